The van der Waals surface area contributed by atoms with Crippen molar-refractivity contribution < 1.29 is 4.74 Å². The summed E-state index contributed by atoms with van der Waals surface area (Å²) < 4.78 is 5.91. The van der Waals surface area contributed by atoms with E-state index in [0.717, 1.165) is 31.4 Å². The molecule has 120 valence electrons. The molecule has 2 aromatic carbocycles. The Kier molecular flexibility index (Phi) is 6.49. The van der Waals surface area contributed by atoms with E-state index in [9.17, 15) is 0 Å². The summed E-state index contributed by atoms with van der Waals surface area (Å²) in [5, 5.41) is 5.78. The Labute approximate surface area is 139 Å². The highest BCUT2D eigenvalue weighted by atomic mass is 35.5. The van der Waals surface area contributed by atoms with E-state index in [2.05, 4.69) is 52.7 Å². The third kappa shape index (κ3) is 4.35. The fourth-order valence-electron chi connectivity index (χ4n) is 3.12. The van der Waals surface area contributed by atoms with E-state index in [1.54, 1.807) is 0 Å². The normalized spacial score (nSPS) is 18.3. The highest BCUT2D eigenvalue weighted by Gasteiger charge is 2.21. The van der Waals surface area contributed by atoms with E-state index in [0.29, 0.717) is 0 Å². The predicted molar refractivity (Wildman–Crippen MR) is 95.2 cm³/mol. The molecule has 1 aliphatic heterocycles. The monoisotopic (exact) mass is 320 g/mol. The van der Waals surface area contributed by atoms with Gasteiger partial charge in [-0.2, -0.15) is 0 Å². The van der Waals surface area contributed by atoms with Crippen molar-refractivity contribution in [2.75, 3.05) is 39.8 Å². The van der Waals surface area contributed by atoms with Gasteiger partial charge in [-0.05, 0) is 55.4 Å². The molecule has 1 heterocycles. The first-order valence-corrected chi connectivity index (χ1v) is 7.84. The molecular formula is C18H25ClN2O. The van der Waals surface area contributed by atoms with E-state index in [4.69, 9.17) is 4.74 Å². The number of hydrogen-bond acceptors (Lipinski definition) is 3. The Bertz CT molecular complexity index is 590. The number of ether oxygens (including phenoxy) is 1. The number of nitrogens with zero attached hydrogens (tertiary/aromatic N) is 1. The first kappa shape index (κ1) is 17.1. The molecule has 1 aliphatic rings. The predicted octanol–water partition coefficient (Wildman–Crippen LogP) is 3.18. The van der Waals surface area contributed by atoms with E-state index in [-0.39, 0.29) is 12.4 Å². The highest BCUT2D eigenvalue weighted by molar-refractivity contribution is 5.85. The number of fused-ring (bicyclic) bond motifs is 1. The number of hydrogen-bond donors (Lipinski definition) is 1. The summed E-state index contributed by atoms with van der Waals surface area (Å²) in [4.78, 5) is 2.50. The minimum absolute atomic E-state index is 0. The second kappa shape index (κ2) is 8.37. The van der Waals surface area contributed by atoms with E-state index in [1.165, 1.54) is 30.3 Å². The maximum Gasteiger partial charge on any atom is 0.120 e. The first-order valence-electron chi connectivity index (χ1n) is 7.84. The summed E-state index contributed by atoms with van der Waals surface area (Å²) in [5.41, 5.74) is 0. The molecule has 0 aliphatic carbocycles. The van der Waals surface area contributed by atoms with Crippen LogP contribution in [-0.2, 0) is 0 Å². The quantitative estimate of drug-likeness (QED) is 0.884. The molecule has 1 N–H and O–H groups in total. The Hall–Kier alpha value is -1.29. The van der Waals surface area contributed by atoms with Crippen molar-refractivity contribution >= 4 is 23.2 Å². The average Bonchev–Trinajstić information content (AvgIpc) is 2.95. The van der Waals surface area contributed by atoms with Gasteiger partial charge in [0.25, 0.3) is 0 Å². The Morgan fingerprint density at radius 2 is 2.00 bits per heavy atom. The lowest BCUT2D eigenvalue weighted by Crippen LogP contribution is -2.28. The van der Waals surface area contributed by atoms with Gasteiger partial charge in [0.2, 0.25) is 0 Å². The Morgan fingerprint density at radius 3 is 2.82 bits per heavy atom. The molecule has 2 aromatic rings. The molecule has 0 spiro atoms. The van der Waals surface area contributed by atoms with E-state index in [1.807, 2.05) is 7.05 Å². The van der Waals surface area contributed by atoms with Crippen molar-refractivity contribution in [2.24, 2.45) is 5.92 Å². The molecule has 1 atom stereocenters. The van der Waals surface area contributed by atoms with Gasteiger partial charge in [-0.3, -0.25) is 4.90 Å². The zero-order valence-corrected chi connectivity index (χ0v) is 13.9. The van der Waals surface area contributed by atoms with Crippen LogP contribution in [0.5, 0.6) is 5.75 Å². The first-order chi connectivity index (χ1) is 10.3. The van der Waals surface area contributed by atoms with Gasteiger partial charge in [0.1, 0.15) is 12.4 Å². The van der Waals surface area contributed by atoms with Gasteiger partial charge in [-0.1, -0.05) is 30.3 Å². The van der Waals surface area contributed by atoms with Gasteiger partial charge in [0.15, 0.2) is 0 Å². The third-order valence-electron chi connectivity index (χ3n) is 4.26. The third-order valence-corrected chi connectivity index (χ3v) is 4.26. The summed E-state index contributed by atoms with van der Waals surface area (Å²) in [6, 6.07) is 14.7. The van der Waals surface area contributed by atoms with Crippen molar-refractivity contribution in [1.82, 2.24) is 10.2 Å². The molecule has 3 nitrogen and oxygen atoms in total. The molecule has 22 heavy (non-hydrogen) atoms. The smallest absolute Gasteiger partial charge is 0.120 e. The molecular weight excluding hydrogens is 296 g/mol. The van der Waals surface area contributed by atoms with E-state index < -0.39 is 0 Å². The Morgan fingerprint density at radius 1 is 1.18 bits per heavy atom. The fourth-order valence-corrected chi connectivity index (χ4v) is 3.12. The summed E-state index contributed by atoms with van der Waals surface area (Å²) in [6.07, 6.45) is 1.30. The van der Waals surface area contributed by atoms with Crippen molar-refractivity contribution in [3.8, 4) is 5.75 Å². The zero-order chi connectivity index (χ0) is 14.5. The lowest BCUT2D eigenvalue weighted by atomic mass is 10.1. The minimum atomic E-state index is 0. The van der Waals surface area contributed by atoms with Crippen LogP contribution in [0.2, 0.25) is 0 Å². The van der Waals surface area contributed by atoms with Gasteiger partial charge in [0, 0.05) is 13.1 Å². The van der Waals surface area contributed by atoms with Crippen LogP contribution in [0.4, 0.5) is 0 Å². The second-order valence-corrected chi connectivity index (χ2v) is 5.87. The lowest BCUT2D eigenvalue weighted by Gasteiger charge is -2.16. The van der Waals surface area contributed by atoms with Gasteiger partial charge in [0.05, 0.1) is 0 Å². The number of benzene rings is 2. The SMILES string of the molecule is CNCC1CCN(CCOc2ccc3ccccc3c2)C1.Cl. The van der Waals surface area contributed by atoms with Crippen LogP contribution < -0.4 is 10.1 Å². The fraction of sp³-hybridized carbons (Fsp3) is 0.444. The van der Waals surface area contributed by atoms with Crippen molar-refractivity contribution in [3.05, 3.63) is 42.5 Å². The molecule has 0 aromatic heterocycles. The van der Waals surface area contributed by atoms with Crippen LogP contribution in [-0.4, -0.2) is 44.7 Å². The lowest BCUT2D eigenvalue weighted by molar-refractivity contribution is 0.233. The number of likely N-dealkylation sites (tertiary alicyclic amines) is 1. The van der Waals surface area contributed by atoms with Crippen LogP contribution in [0.1, 0.15) is 6.42 Å². The van der Waals surface area contributed by atoms with Crippen LogP contribution in [0.3, 0.4) is 0 Å². The number of halogens is 1. The van der Waals surface area contributed by atoms with Gasteiger partial charge in [-0.15, -0.1) is 12.4 Å². The number of rotatable bonds is 6. The standard InChI is InChI=1S/C18H24N2O.ClH/c1-19-13-15-8-9-20(14-15)10-11-21-18-7-6-16-4-2-3-5-17(16)12-18;/h2-7,12,15,19H,8-11,13-14H2,1H3;1H. The van der Waals surface area contributed by atoms with Crippen LogP contribution >= 0.6 is 12.4 Å². The molecule has 0 saturated carbocycles. The molecule has 0 amide bonds. The van der Waals surface area contributed by atoms with Gasteiger partial charge >= 0.3 is 0 Å². The minimum Gasteiger partial charge on any atom is -0.492 e. The van der Waals surface area contributed by atoms with Gasteiger partial charge in [-0.25, -0.2) is 0 Å². The maximum absolute atomic E-state index is 5.91. The van der Waals surface area contributed by atoms with Crippen LogP contribution in [0.15, 0.2) is 42.5 Å². The molecule has 1 fully saturated rings. The maximum atomic E-state index is 5.91. The Balaban J connectivity index is 0.00000176. The van der Waals surface area contributed by atoms with Crippen LogP contribution in [0, 0.1) is 5.92 Å². The van der Waals surface area contributed by atoms with Gasteiger partial charge < -0.3 is 10.1 Å². The molecule has 3 rings (SSSR count). The molecule has 4 heteroatoms. The van der Waals surface area contributed by atoms with Crippen molar-refractivity contribution in [1.29, 1.82) is 0 Å². The molecule has 1 unspecified atom stereocenters. The topological polar surface area (TPSA) is 24.5 Å². The average molecular weight is 321 g/mol. The zero-order valence-electron chi connectivity index (χ0n) is 13.1. The highest BCUT2D eigenvalue weighted by Crippen LogP contribution is 2.21. The summed E-state index contributed by atoms with van der Waals surface area (Å²) >= 11 is 0. The molecule has 0 bridgehead atoms. The second-order valence-electron chi connectivity index (χ2n) is 5.87. The van der Waals surface area contributed by atoms with Crippen LogP contribution in [0.25, 0.3) is 10.8 Å². The summed E-state index contributed by atoms with van der Waals surface area (Å²) in [7, 11) is 2.03. The summed E-state index contributed by atoms with van der Waals surface area (Å²) in [5.74, 6) is 1.77. The number of nitrogens with one attached hydrogen (secondary N) is 1. The molecule has 0 radical (unpaired) electrons. The largest absolute Gasteiger partial charge is 0.492 e. The summed E-state index contributed by atoms with van der Waals surface area (Å²) in [6.45, 7) is 5.31. The van der Waals surface area contributed by atoms with E-state index >= 15 is 0 Å². The molecule has 1 saturated heterocycles. The van der Waals surface area contributed by atoms with Crippen molar-refractivity contribution in [3.63, 3.8) is 0 Å². The van der Waals surface area contributed by atoms with Crippen molar-refractivity contribution in [2.45, 2.75) is 6.42 Å².